The highest BCUT2D eigenvalue weighted by Crippen LogP contribution is 2.53. The van der Waals surface area contributed by atoms with Crippen molar-refractivity contribution in [1.29, 1.82) is 0 Å². The minimum Gasteiger partial charge on any atom is -0.495 e. The van der Waals surface area contributed by atoms with E-state index in [9.17, 15) is 13.2 Å². The van der Waals surface area contributed by atoms with E-state index < -0.39 is 11.9 Å². The van der Waals surface area contributed by atoms with Gasteiger partial charge in [0.15, 0.2) is 0 Å². The number of piperidine rings is 1. The summed E-state index contributed by atoms with van der Waals surface area (Å²) in [4.78, 5) is 5.61. The number of imidazole rings is 1. The van der Waals surface area contributed by atoms with Crippen molar-refractivity contribution in [1.82, 2.24) is 14.5 Å². The van der Waals surface area contributed by atoms with E-state index in [1.165, 1.54) is 23.3 Å². The van der Waals surface area contributed by atoms with Crippen LogP contribution in [0.4, 0.5) is 13.2 Å². The molecule has 3 heterocycles. The van der Waals surface area contributed by atoms with Crippen molar-refractivity contribution in [3.8, 4) is 11.4 Å². The summed E-state index contributed by atoms with van der Waals surface area (Å²) in [6, 6.07) is 12.1. The van der Waals surface area contributed by atoms with Gasteiger partial charge in [-0.2, -0.15) is 13.2 Å². The molecule has 2 aliphatic heterocycles. The van der Waals surface area contributed by atoms with Crippen LogP contribution in [0.25, 0.3) is 11.8 Å². The molecule has 1 fully saturated rings. The van der Waals surface area contributed by atoms with Crippen LogP contribution < -0.4 is 4.74 Å². The van der Waals surface area contributed by atoms with Crippen molar-refractivity contribution in [2.45, 2.75) is 38.6 Å². The largest absolute Gasteiger partial charge is 0.495 e. The number of alkyl halides is 3. The number of hydrogen-bond donors (Lipinski definition) is 0. The Labute approximate surface area is 202 Å². The number of aromatic nitrogens is 2. The fourth-order valence-corrected chi connectivity index (χ4v) is 4.81. The van der Waals surface area contributed by atoms with Gasteiger partial charge in [-0.05, 0) is 56.0 Å². The molecular weight excluding hydrogens is 455 g/mol. The average molecular weight is 482 g/mol. The third-order valence-electron chi connectivity index (χ3n) is 6.53. The maximum absolute atomic E-state index is 14.6. The van der Waals surface area contributed by atoms with Crippen LogP contribution in [-0.2, 0) is 10.5 Å². The van der Waals surface area contributed by atoms with E-state index in [0.29, 0.717) is 24.3 Å². The van der Waals surface area contributed by atoms with Gasteiger partial charge < -0.3 is 18.9 Å². The fraction of sp³-hybridized carbons (Fsp3) is 0.296. The zero-order valence-corrected chi connectivity index (χ0v) is 19.8. The van der Waals surface area contributed by atoms with E-state index in [1.807, 2.05) is 48.9 Å². The van der Waals surface area contributed by atoms with Crippen LogP contribution in [0.3, 0.4) is 0 Å². The predicted molar refractivity (Wildman–Crippen MR) is 127 cm³/mol. The quantitative estimate of drug-likeness (QED) is 0.441. The van der Waals surface area contributed by atoms with Crippen molar-refractivity contribution in [3.63, 3.8) is 0 Å². The normalized spacial score (nSPS) is 21.0. The van der Waals surface area contributed by atoms with Crippen LogP contribution in [0.2, 0.25) is 0 Å². The zero-order valence-electron chi connectivity index (χ0n) is 19.8. The molecule has 1 saturated heterocycles. The van der Waals surface area contributed by atoms with Gasteiger partial charge in [0.2, 0.25) is 0 Å². The Bertz CT molecular complexity index is 1310. The SMILES string of the molecule is COc1cc(/C=C2\CCCN3C2=COC3(c2ccc(C)cc2)C(F)(F)F)ccc1-n1cnc(C)c1. The van der Waals surface area contributed by atoms with Crippen molar-refractivity contribution in [3.05, 3.63) is 94.9 Å². The molecule has 0 radical (unpaired) electrons. The van der Waals surface area contributed by atoms with Crippen LogP contribution >= 0.6 is 0 Å². The lowest BCUT2D eigenvalue weighted by molar-refractivity contribution is -0.307. The van der Waals surface area contributed by atoms with E-state index >= 15 is 0 Å². The van der Waals surface area contributed by atoms with Crippen molar-refractivity contribution >= 4 is 6.08 Å². The Morgan fingerprint density at radius 2 is 1.89 bits per heavy atom. The molecule has 0 spiro atoms. The van der Waals surface area contributed by atoms with E-state index in [4.69, 9.17) is 9.47 Å². The Morgan fingerprint density at radius 1 is 1.11 bits per heavy atom. The second-order valence-electron chi connectivity index (χ2n) is 8.91. The Hall–Kier alpha value is -3.68. The van der Waals surface area contributed by atoms with Gasteiger partial charge in [-0.25, -0.2) is 4.98 Å². The number of hydrogen-bond acceptors (Lipinski definition) is 4. The van der Waals surface area contributed by atoms with Crippen LogP contribution in [0.5, 0.6) is 5.75 Å². The summed E-state index contributed by atoms with van der Waals surface area (Å²) in [7, 11) is 1.59. The van der Waals surface area contributed by atoms with Gasteiger partial charge >= 0.3 is 11.9 Å². The lowest BCUT2D eigenvalue weighted by atomic mass is 9.93. The first kappa shape index (κ1) is 23.1. The summed E-state index contributed by atoms with van der Waals surface area (Å²) in [5.41, 5.74) is 2.24. The van der Waals surface area contributed by atoms with Gasteiger partial charge in [-0.15, -0.1) is 0 Å². The molecule has 8 heteroatoms. The molecule has 5 nitrogen and oxygen atoms in total. The third kappa shape index (κ3) is 3.87. The number of halogens is 3. The summed E-state index contributed by atoms with van der Waals surface area (Å²) in [6.45, 7) is 4.00. The van der Waals surface area contributed by atoms with Gasteiger partial charge in [0.05, 0.1) is 30.5 Å². The van der Waals surface area contributed by atoms with Crippen molar-refractivity contribution < 1.29 is 22.6 Å². The van der Waals surface area contributed by atoms with E-state index in [2.05, 4.69) is 4.98 Å². The highest BCUT2D eigenvalue weighted by Gasteiger charge is 2.65. The van der Waals surface area contributed by atoms with Gasteiger partial charge in [0, 0.05) is 18.3 Å². The summed E-state index contributed by atoms with van der Waals surface area (Å²) in [5, 5.41) is 0. The third-order valence-corrected chi connectivity index (χ3v) is 6.53. The molecule has 0 amide bonds. The maximum atomic E-state index is 14.6. The molecule has 2 aromatic carbocycles. The molecule has 1 atom stereocenters. The maximum Gasteiger partial charge on any atom is 0.453 e. The second kappa shape index (κ2) is 8.52. The van der Waals surface area contributed by atoms with Crippen LogP contribution in [0, 0.1) is 13.8 Å². The zero-order chi connectivity index (χ0) is 24.8. The second-order valence-corrected chi connectivity index (χ2v) is 8.91. The minimum absolute atomic E-state index is 0.0738. The van der Waals surface area contributed by atoms with Crippen LogP contribution in [0.15, 0.2) is 72.5 Å². The van der Waals surface area contributed by atoms with Gasteiger partial charge in [0.25, 0.3) is 0 Å². The first-order valence-electron chi connectivity index (χ1n) is 11.4. The highest BCUT2D eigenvalue weighted by atomic mass is 19.4. The number of fused-ring (bicyclic) bond motifs is 1. The van der Waals surface area contributed by atoms with Gasteiger partial charge in [-0.3, -0.25) is 0 Å². The van der Waals surface area contributed by atoms with E-state index in [-0.39, 0.29) is 12.1 Å². The van der Waals surface area contributed by atoms with Crippen LogP contribution in [0.1, 0.15) is 35.2 Å². The Balaban J connectivity index is 1.51. The number of aryl methyl sites for hydroxylation is 2. The average Bonchev–Trinajstić information content (AvgIpc) is 3.44. The number of nitrogens with zero attached hydrogens (tertiary/aromatic N) is 3. The fourth-order valence-electron chi connectivity index (χ4n) is 4.81. The van der Waals surface area contributed by atoms with E-state index in [0.717, 1.165) is 28.1 Å². The topological polar surface area (TPSA) is 39.5 Å². The molecule has 3 aromatic rings. The molecule has 0 bridgehead atoms. The molecular formula is C27H26F3N3O2. The lowest BCUT2D eigenvalue weighted by Crippen LogP contribution is -2.55. The molecule has 2 aliphatic rings. The van der Waals surface area contributed by atoms with E-state index in [1.54, 1.807) is 25.6 Å². The number of allylic oxidation sites excluding steroid dienone is 1. The standard InChI is InChI=1S/C27H26F3N3O2/c1-18-6-9-22(10-7-18)26(27(28,29)30)33-12-4-5-21(24(33)16-35-26)13-20-8-11-23(25(14-20)34-3)32-15-19(2)31-17-32/h6-11,13-17H,4-5,12H2,1-3H3/b21-13+. The molecule has 0 aliphatic carbocycles. The smallest absolute Gasteiger partial charge is 0.453 e. The van der Waals surface area contributed by atoms with Crippen LogP contribution in [-0.4, -0.2) is 34.3 Å². The Kier molecular flexibility index (Phi) is 5.62. The molecule has 5 rings (SSSR count). The predicted octanol–water partition coefficient (Wildman–Crippen LogP) is 6.26. The first-order valence-corrected chi connectivity index (χ1v) is 11.4. The molecule has 1 aromatic heterocycles. The minimum atomic E-state index is -4.63. The number of rotatable bonds is 4. The van der Waals surface area contributed by atoms with Crippen molar-refractivity contribution in [2.24, 2.45) is 0 Å². The molecule has 1 unspecified atom stereocenters. The summed E-state index contributed by atoms with van der Waals surface area (Å²) in [6.07, 6.45) is 3.39. The summed E-state index contributed by atoms with van der Waals surface area (Å²) >= 11 is 0. The first-order chi connectivity index (χ1) is 16.7. The molecule has 0 saturated carbocycles. The molecule has 0 N–H and O–H groups in total. The number of ether oxygens (including phenoxy) is 2. The summed E-state index contributed by atoms with van der Waals surface area (Å²) in [5.74, 6) is 0.644. The number of benzene rings is 2. The monoisotopic (exact) mass is 481 g/mol. The number of methoxy groups -OCH3 is 1. The van der Waals surface area contributed by atoms with Gasteiger partial charge in [-0.1, -0.05) is 35.9 Å². The lowest BCUT2D eigenvalue weighted by Gasteiger charge is -2.43. The van der Waals surface area contributed by atoms with Gasteiger partial charge in [0.1, 0.15) is 12.0 Å². The van der Waals surface area contributed by atoms with Crippen molar-refractivity contribution in [2.75, 3.05) is 13.7 Å². The Morgan fingerprint density at radius 3 is 2.54 bits per heavy atom. The molecule has 35 heavy (non-hydrogen) atoms. The molecule has 182 valence electrons. The highest BCUT2D eigenvalue weighted by molar-refractivity contribution is 5.63. The summed E-state index contributed by atoms with van der Waals surface area (Å²) < 4.78 is 56.8.